The number of hydrogen-bond acceptors (Lipinski definition) is 5. The summed E-state index contributed by atoms with van der Waals surface area (Å²) >= 11 is 0. The predicted octanol–water partition coefficient (Wildman–Crippen LogP) is 1.59. The van der Waals surface area contributed by atoms with Gasteiger partial charge in [-0.2, -0.15) is 10.2 Å². The van der Waals surface area contributed by atoms with E-state index < -0.39 is 0 Å². The number of nitriles is 1. The average molecular weight is 219 g/mol. The zero-order valence-corrected chi connectivity index (χ0v) is 8.93. The molecular formula is C11H13N3O2. The normalized spacial score (nSPS) is 33.3. The Kier molecular flexibility index (Phi) is 2.37. The van der Waals surface area contributed by atoms with Crippen molar-refractivity contribution in [3.63, 3.8) is 0 Å². The fourth-order valence-corrected chi connectivity index (χ4v) is 2.12. The van der Waals surface area contributed by atoms with Crippen molar-refractivity contribution in [3.05, 3.63) is 11.7 Å². The van der Waals surface area contributed by atoms with Gasteiger partial charge in [0.05, 0.1) is 24.5 Å². The Morgan fingerprint density at radius 1 is 1.44 bits per heavy atom. The lowest BCUT2D eigenvalue weighted by atomic mass is 10.0. The van der Waals surface area contributed by atoms with Crippen LogP contribution in [0.2, 0.25) is 0 Å². The lowest BCUT2D eigenvalue weighted by molar-refractivity contribution is 0.0773. The number of hydrogen-bond donors (Lipinski definition) is 0. The fraction of sp³-hybridized carbons (Fsp3) is 0.727. The second-order valence-electron chi connectivity index (χ2n) is 4.48. The molecule has 2 aliphatic rings. The van der Waals surface area contributed by atoms with E-state index in [0.29, 0.717) is 12.5 Å². The van der Waals surface area contributed by atoms with Gasteiger partial charge >= 0.3 is 0 Å². The molecule has 1 aliphatic heterocycles. The zero-order chi connectivity index (χ0) is 11.0. The van der Waals surface area contributed by atoms with Gasteiger partial charge in [0.2, 0.25) is 5.89 Å². The Bertz CT molecular complexity index is 417. The smallest absolute Gasteiger partial charge is 0.231 e. The van der Waals surface area contributed by atoms with Gasteiger partial charge in [-0.15, -0.1) is 0 Å². The van der Waals surface area contributed by atoms with Crippen molar-refractivity contribution in [3.8, 4) is 6.07 Å². The van der Waals surface area contributed by atoms with Gasteiger partial charge in [0.15, 0.2) is 5.82 Å². The molecule has 2 fully saturated rings. The standard InChI is InChI=1S/C11H13N3O2/c12-5-8-4-9(8)11-13-10(14-16-11)7-2-1-3-15-6-7/h7-9H,1-4,6H2. The molecule has 84 valence electrons. The molecule has 0 amide bonds. The number of ether oxygens (including phenoxy) is 1. The van der Waals surface area contributed by atoms with Crippen molar-refractivity contribution >= 4 is 0 Å². The first kappa shape index (κ1) is 9.79. The molecule has 1 saturated carbocycles. The van der Waals surface area contributed by atoms with Crippen LogP contribution in [0.3, 0.4) is 0 Å². The third-order valence-electron chi connectivity index (χ3n) is 3.26. The van der Waals surface area contributed by atoms with Crippen LogP contribution in [0, 0.1) is 17.2 Å². The zero-order valence-electron chi connectivity index (χ0n) is 8.93. The summed E-state index contributed by atoms with van der Waals surface area (Å²) in [5.41, 5.74) is 0. The van der Waals surface area contributed by atoms with Gasteiger partial charge in [0.1, 0.15) is 0 Å². The van der Waals surface area contributed by atoms with E-state index in [9.17, 15) is 0 Å². The summed E-state index contributed by atoms with van der Waals surface area (Å²) in [5, 5.41) is 12.7. The average Bonchev–Trinajstić information content (AvgIpc) is 2.98. The molecule has 3 rings (SSSR count). The minimum absolute atomic E-state index is 0.0795. The van der Waals surface area contributed by atoms with E-state index in [0.717, 1.165) is 31.7 Å². The Balaban J connectivity index is 1.70. The van der Waals surface area contributed by atoms with Crippen LogP contribution in [0.1, 0.15) is 42.8 Å². The predicted molar refractivity (Wildman–Crippen MR) is 53.6 cm³/mol. The molecule has 0 spiro atoms. The molecule has 1 aliphatic carbocycles. The molecular weight excluding hydrogens is 206 g/mol. The van der Waals surface area contributed by atoms with Crippen LogP contribution in [0.4, 0.5) is 0 Å². The van der Waals surface area contributed by atoms with Crippen LogP contribution in [0.15, 0.2) is 4.52 Å². The van der Waals surface area contributed by atoms with Gasteiger partial charge in [0, 0.05) is 12.5 Å². The van der Waals surface area contributed by atoms with Gasteiger partial charge in [-0.1, -0.05) is 5.16 Å². The lowest BCUT2D eigenvalue weighted by Crippen LogP contribution is -2.16. The quantitative estimate of drug-likeness (QED) is 0.755. The monoisotopic (exact) mass is 219 g/mol. The van der Waals surface area contributed by atoms with Crippen LogP contribution in [0.5, 0.6) is 0 Å². The third kappa shape index (κ3) is 1.69. The first-order valence-corrected chi connectivity index (χ1v) is 5.69. The molecule has 3 atom stereocenters. The Morgan fingerprint density at radius 3 is 3.06 bits per heavy atom. The van der Waals surface area contributed by atoms with Crippen molar-refractivity contribution in [2.45, 2.75) is 31.1 Å². The summed E-state index contributed by atoms with van der Waals surface area (Å²) in [5.74, 6) is 1.91. The van der Waals surface area contributed by atoms with Crippen molar-refractivity contribution in [1.82, 2.24) is 10.1 Å². The molecule has 1 aromatic rings. The van der Waals surface area contributed by atoms with Crippen LogP contribution in [0.25, 0.3) is 0 Å². The first-order chi connectivity index (χ1) is 7.88. The van der Waals surface area contributed by atoms with Crippen LogP contribution in [-0.2, 0) is 4.74 Å². The molecule has 3 unspecified atom stereocenters. The maximum absolute atomic E-state index is 8.73. The van der Waals surface area contributed by atoms with E-state index in [1.807, 2.05) is 0 Å². The topological polar surface area (TPSA) is 71.9 Å². The van der Waals surface area contributed by atoms with Crippen molar-refractivity contribution < 1.29 is 9.26 Å². The SMILES string of the molecule is N#CC1CC1c1nc(C2CCCOC2)no1. The van der Waals surface area contributed by atoms with Crippen LogP contribution < -0.4 is 0 Å². The van der Waals surface area contributed by atoms with E-state index in [2.05, 4.69) is 16.2 Å². The van der Waals surface area contributed by atoms with Gasteiger partial charge in [-0.25, -0.2) is 0 Å². The van der Waals surface area contributed by atoms with E-state index in [1.165, 1.54) is 0 Å². The highest BCUT2D eigenvalue weighted by molar-refractivity contribution is 5.16. The number of aromatic nitrogens is 2. The van der Waals surface area contributed by atoms with E-state index >= 15 is 0 Å². The molecule has 5 heteroatoms. The Hall–Kier alpha value is -1.41. The van der Waals surface area contributed by atoms with Crippen LogP contribution >= 0.6 is 0 Å². The van der Waals surface area contributed by atoms with Gasteiger partial charge < -0.3 is 9.26 Å². The Morgan fingerprint density at radius 2 is 2.38 bits per heavy atom. The summed E-state index contributed by atoms with van der Waals surface area (Å²) in [7, 11) is 0. The van der Waals surface area contributed by atoms with Gasteiger partial charge in [-0.3, -0.25) is 0 Å². The number of rotatable bonds is 2. The van der Waals surface area contributed by atoms with Crippen LogP contribution in [-0.4, -0.2) is 23.4 Å². The molecule has 0 N–H and O–H groups in total. The highest BCUT2D eigenvalue weighted by Crippen LogP contribution is 2.46. The summed E-state index contributed by atoms with van der Waals surface area (Å²) in [4.78, 5) is 4.39. The molecule has 5 nitrogen and oxygen atoms in total. The third-order valence-corrected chi connectivity index (χ3v) is 3.26. The van der Waals surface area contributed by atoms with E-state index in [1.54, 1.807) is 0 Å². The summed E-state index contributed by atoms with van der Waals surface area (Å²) in [6, 6.07) is 2.22. The largest absolute Gasteiger partial charge is 0.381 e. The van der Waals surface area contributed by atoms with E-state index in [4.69, 9.17) is 14.5 Å². The second kappa shape index (κ2) is 3.87. The molecule has 1 aromatic heterocycles. The van der Waals surface area contributed by atoms with Gasteiger partial charge in [-0.05, 0) is 19.3 Å². The number of nitrogens with zero attached hydrogens (tertiary/aromatic N) is 3. The summed E-state index contributed by atoms with van der Waals surface area (Å²) in [6.45, 7) is 1.52. The molecule has 16 heavy (non-hydrogen) atoms. The summed E-state index contributed by atoms with van der Waals surface area (Å²) < 4.78 is 10.6. The Labute approximate surface area is 93.4 Å². The first-order valence-electron chi connectivity index (χ1n) is 5.69. The second-order valence-corrected chi connectivity index (χ2v) is 4.48. The maximum Gasteiger partial charge on any atom is 0.231 e. The summed E-state index contributed by atoms with van der Waals surface area (Å²) in [6.07, 6.45) is 2.98. The highest BCUT2D eigenvalue weighted by Gasteiger charge is 2.43. The van der Waals surface area contributed by atoms with Crippen molar-refractivity contribution in [1.29, 1.82) is 5.26 Å². The lowest BCUT2D eigenvalue weighted by Gasteiger charge is -2.18. The van der Waals surface area contributed by atoms with E-state index in [-0.39, 0.29) is 17.8 Å². The fourth-order valence-electron chi connectivity index (χ4n) is 2.12. The minimum atomic E-state index is 0.0795. The minimum Gasteiger partial charge on any atom is -0.381 e. The molecule has 0 radical (unpaired) electrons. The molecule has 2 heterocycles. The molecule has 0 bridgehead atoms. The maximum atomic E-state index is 8.73. The molecule has 0 aromatic carbocycles. The van der Waals surface area contributed by atoms with Gasteiger partial charge in [0.25, 0.3) is 0 Å². The van der Waals surface area contributed by atoms with Crippen molar-refractivity contribution in [2.75, 3.05) is 13.2 Å². The highest BCUT2D eigenvalue weighted by atomic mass is 16.5. The van der Waals surface area contributed by atoms with Crippen molar-refractivity contribution in [2.24, 2.45) is 5.92 Å². The molecule has 1 saturated heterocycles.